The molecule has 0 aliphatic heterocycles. The number of aromatic nitrogens is 2. The Labute approximate surface area is 102 Å². The Morgan fingerprint density at radius 1 is 1.35 bits per heavy atom. The van der Waals surface area contributed by atoms with Crippen LogP contribution in [0.15, 0.2) is 12.3 Å². The second kappa shape index (κ2) is 4.51. The smallest absolute Gasteiger partial charge is 0.225 e. The fraction of sp³-hybridized carbons (Fsp3) is 0.692. The number of hydrogen-bond acceptors (Lipinski definition) is 4. The molecule has 2 aliphatic carbocycles. The van der Waals surface area contributed by atoms with Crippen LogP contribution in [0.3, 0.4) is 0 Å². The molecule has 4 heteroatoms. The lowest BCUT2D eigenvalue weighted by Crippen LogP contribution is -2.19. The predicted molar refractivity (Wildman–Crippen MR) is 66.0 cm³/mol. The van der Waals surface area contributed by atoms with Crippen molar-refractivity contribution in [2.45, 2.75) is 25.7 Å². The predicted octanol–water partition coefficient (Wildman–Crippen LogP) is 2.33. The molecule has 0 amide bonds. The van der Waals surface area contributed by atoms with Crippen molar-refractivity contribution >= 4 is 5.95 Å². The summed E-state index contributed by atoms with van der Waals surface area (Å²) in [6.45, 7) is 1.02. The lowest BCUT2D eigenvalue weighted by atomic mass is 9.98. The maximum absolute atomic E-state index is 5.09. The maximum Gasteiger partial charge on any atom is 0.225 e. The van der Waals surface area contributed by atoms with Gasteiger partial charge in [0.05, 0.1) is 7.11 Å². The summed E-state index contributed by atoms with van der Waals surface area (Å²) < 4.78 is 5.09. The lowest BCUT2D eigenvalue weighted by molar-refractivity contribution is 0.396. The largest absolute Gasteiger partial charge is 0.481 e. The summed E-state index contributed by atoms with van der Waals surface area (Å²) in [7, 11) is 1.63. The number of methoxy groups -OCH3 is 1. The van der Waals surface area contributed by atoms with Gasteiger partial charge in [0.2, 0.25) is 11.8 Å². The van der Waals surface area contributed by atoms with Gasteiger partial charge in [0.25, 0.3) is 0 Å². The first-order chi connectivity index (χ1) is 8.36. The highest BCUT2D eigenvalue weighted by Gasteiger charge is 2.41. The Hall–Kier alpha value is -1.32. The van der Waals surface area contributed by atoms with Crippen molar-refractivity contribution in [3.63, 3.8) is 0 Å². The van der Waals surface area contributed by atoms with Gasteiger partial charge in [-0.1, -0.05) is 0 Å². The summed E-state index contributed by atoms with van der Waals surface area (Å²) in [4.78, 5) is 8.49. The zero-order chi connectivity index (χ0) is 11.7. The van der Waals surface area contributed by atoms with E-state index in [1.807, 2.05) is 0 Å². The first-order valence-electron chi connectivity index (χ1n) is 6.47. The third-order valence-electron chi connectivity index (χ3n) is 3.79. The van der Waals surface area contributed by atoms with Gasteiger partial charge in [-0.25, -0.2) is 4.98 Å². The van der Waals surface area contributed by atoms with Crippen LogP contribution in [0.1, 0.15) is 25.7 Å². The summed E-state index contributed by atoms with van der Waals surface area (Å²) in [6, 6.07) is 1.77. The SMILES string of the molecule is COc1ccnc(NCC(C2CC2)C2CC2)n1. The molecule has 1 aromatic heterocycles. The van der Waals surface area contributed by atoms with Crippen molar-refractivity contribution in [3.8, 4) is 5.88 Å². The lowest BCUT2D eigenvalue weighted by Gasteiger charge is -2.16. The van der Waals surface area contributed by atoms with E-state index in [0.29, 0.717) is 11.8 Å². The van der Waals surface area contributed by atoms with E-state index in [1.54, 1.807) is 19.4 Å². The zero-order valence-electron chi connectivity index (χ0n) is 10.2. The van der Waals surface area contributed by atoms with Crippen LogP contribution < -0.4 is 10.1 Å². The van der Waals surface area contributed by atoms with Gasteiger partial charge in [0, 0.05) is 18.8 Å². The zero-order valence-corrected chi connectivity index (χ0v) is 10.2. The molecule has 0 spiro atoms. The average molecular weight is 233 g/mol. The molecule has 92 valence electrons. The Morgan fingerprint density at radius 3 is 2.65 bits per heavy atom. The Balaban J connectivity index is 1.58. The van der Waals surface area contributed by atoms with E-state index in [-0.39, 0.29) is 0 Å². The molecule has 1 N–H and O–H groups in total. The molecule has 1 heterocycles. The number of ether oxygens (including phenoxy) is 1. The summed E-state index contributed by atoms with van der Waals surface area (Å²) >= 11 is 0. The third-order valence-corrected chi connectivity index (χ3v) is 3.79. The highest BCUT2D eigenvalue weighted by Crippen LogP contribution is 2.49. The number of hydrogen-bond donors (Lipinski definition) is 1. The van der Waals surface area contributed by atoms with Crippen LogP contribution in [0.2, 0.25) is 0 Å². The molecule has 17 heavy (non-hydrogen) atoms. The van der Waals surface area contributed by atoms with Gasteiger partial charge in [0.15, 0.2) is 0 Å². The van der Waals surface area contributed by atoms with E-state index < -0.39 is 0 Å². The molecule has 0 bridgehead atoms. The third kappa shape index (κ3) is 2.68. The van der Waals surface area contributed by atoms with Crippen LogP contribution in [0.25, 0.3) is 0 Å². The van der Waals surface area contributed by atoms with Crippen LogP contribution in [-0.4, -0.2) is 23.6 Å². The highest BCUT2D eigenvalue weighted by molar-refractivity contribution is 5.27. The molecular weight excluding hydrogens is 214 g/mol. The van der Waals surface area contributed by atoms with Crippen LogP contribution in [-0.2, 0) is 0 Å². The molecule has 2 aliphatic rings. The molecule has 0 atom stereocenters. The quantitative estimate of drug-likeness (QED) is 0.819. The molecule has 3 rings (SSSR count). The number of anilines is 1. The van der Waals surface area contributed by atoms with Gasteiger partial charge in [-0.15, -0.1) is 0 Å². The van der Waals surface area contributed by atoms with E-state index in [0.717, 1.165) is 24.3 Å². The summed E-state index contributed by atoms with van der Waals surface area (Å²) in [6.07, 6.45) is 7.41. The second-order valence-electron chi connectivity index (χ2n) is 5.14. The van der Waals surface area contributed by atoms with Crippen molar-refractivity contribution < 1.29 is 4.74 Å². The van der Waals surface area contributed by atoms with E-state index in [9.17, 15) is 0 Å². The van der Waals surface area contributed by atoms with Crippen molar-refractivity contribution in [1.29, 1.82) is 0 Å². The van der Waals surface area contributed by atoms with E-state index in [1.165, 1.54) is 25.7 Å². The van der Waals surface area contributed by atoms with Crippen LogP contribution >= 0.6 is 0 Å². The van der Waals surface area contributed by atoms with Gasteiger partial charge in [-0.3, -0.25) is 0 Å². The molecule has 2 fully saturated rings. The second-order valence-corrected chi connectivity index (χ2v) is 5.14. The van der Waals surface area contributed by atoms with Gasteiger partial charge < -0.3 is 10.1 Å². The van der Waals surface area contributed by atoms with E-state index >= 15 is 0 Å². The molecule has 0 saturated heterocycles. The van der Waals surface area contributed by atoms with Crippen molar-refractivity contribution in [2.75, 3.05) is 19.0 Å². The Bertz CT molecular complexity index is 376. The normalized spacial score (nSPS) is 19.4. The number of nitrogens with zero attached hydrogens (tertiary/aromatic N) is 2. The van der Waals surface area contributed by atoms with Gasteiger partial charge in [-0.2, -0.15) is 4.98 Å². The average Bonchev–Trinajstić information content (AvgIpc) is 3.22. The standard InChI is InChI=1S/C13H19N3O/c1-17-12-6-7-14-13(16-12)15-8-11(9-2-3-9)10-4-5-10/h6-7,9-11H,2-5,8H2,1H3,(H,14,15,16). The summed E-state index contributed by atoms with van der Waals surface area (Å²) in [5, 5.41) is 3.36. The minimum Gasteiger partial charge on any atom is -0.481 e. The summed E-state index contributed by atoms with van der Waals surface area (Å²) in [5.41, 5.74) is 0. The summed E-state index contributed by atoms with van der Waals surface area (Å²) in [5.74, 6) is 4.07. The minimum absolute atomic E-state index is 0.622. The van der Waals surface area contributed by atoms with Crippen molar-refractivity contribution in [3.05, 3.63) is 12.3 Å². The van der Waals surface area contributed by atoms with Gasteiger partial charge in [-0.05, 0) is 43.4 Å². The maximum atomic E-state index is 5.09. The molecular formula is C13H19N3O. The fourth-order valence-electron chi connectivity index (χ4n) is 2.52. The fourth-order valence-corrected chi connectivity index (χ4v) is 2.52. The molecule has 0 aromatic carbocycles. The van der Waals surface area contributed by atoms with Gasteiger partial charge >= 0.3 is 0 Å². The molecule has 4 nitrogen and oxygen atoms in total. The number of nitrogens with one attached hydrogen (secondary N) is 1. The molecule has 0 radical (unpaired) electrons. The molecule has 0 unspecified atom stereocenters. The van der Waals surface area contributed by atoms with Crippen molar-refractivity contribution in [2.24, 2.45) is 17.8 Å². The highest BCUT2D eigenvalue weighted by atomic mass is 16.5. The monoisotopic (exact) mass is 233 g/mol. The molecule has 1 aromatic rings. The first-order valence-corrected chi connectivity index (χ1v) is 6.47. The van der Waals surface area contributed by atoms with E-state index in [4.69, 9.17) is 4.74 Å². The number of rotatable bonds is 6. The van der Waals surface area contributed by atoms with Gasteiger partial charge in [0.1, 0.15) is 0 Å². The Morgan fingerprint density at radius 2 is 2.06 bits per heavy atom. The Kier molecular flexibility index (Phi) is 2.87. The first kappa shape index (κ1) is 10.8. The van der Waals surface area contributed by atoms with Crippen LogP contribution in [0, 0.1) is 17.8 Å². The molecule has 2 saturated carbocycles. The topological polar surface area (TPSA) is 47.0 Å². The van der Waals surface area contributed by atoms with Crippen LogP contribution in [0.4, 0.5) is 5.95 Å². The van der Waals surface area contributed by atoms with E-state index in [2.05, 4.69) is 15.3 Å². The minimum atomic E-state index is 0.622. The van der Waals surface area contributed by atoms with Crippen LogP contribution in [0.5, 0.6) is 5.88 Å². The van der Waals surface area contributed by atoms with Crippen molar-refractivity contribution in [1.82, 2.24) is 9.97 Å².